The molecular weight excluding hydrogens is 442 g/mol. The molecule has 174 valence electrons. The largest absolute Gasteiger partial charge is 0.373 e. The molecule has 9 heteroatoms. The number of hydrogen-bond donors (Lipinski definition) is 1. The van der Waals surface area contributed by atoms with Crippen LogP contribution in [0, 0.1) is 12.3 Å². The molecule has 0 aromatic heterocycles. The van der Waals surface area contributed by atoms with E-state index in [9.17, 15) is 18.0 Å². The summed E-state index contributed by atoms with van der Waals surface area (Å²) in [6.45, 7) is 3.91. The van der Waals surface area contributed by atoms with Gasteiger partial charge in [-0.3, -0.25) is 9.59 Å². The average Bonchev–Trinajstić information content (AvgIpc) is 2.78. The van der Waals surface area contributed by atoms with Crippen molar-refractivity contribution in [1.82, 2.24) is 9.21 Å². The van der Waals surface area contributed by atoms with E-state index in [-0.39, 0.29) is 42.3 Å². The predicted molar refractivity (Wildman–Crippen MR) is 125 cm³/mol. The summed E-state index contributed by atoms with van der Waals surface area (Å²) in [5, 5.41) is 2.70. The summed E-state index contributed by atoms with van der Waals surface area (Å²) < 4.78 is 33.2. The van der Waals surface area contributed by atoms with Gasteiger partial charge in [0.1, 0.15) is 0 Å². The van der Waals surface area contributed by atoms with Gasteiger partial charge in [-0.05, 0) is 50.2 Å². The molecule has 1 saturated heterocycles. The van der Waals surface area contributed by atoms with Gasteiger partial charge in [-0.2, -0.15) is 4.31 Å². The fraction of sp³-hybridized carbons (Fsp3) is 0.333. The lowest BCUT2D eigenvalue weighted by atomic mass is 10.2. The number of nitrogens with zero attached hydrogens (tertiary/aromatic N) is 2. The van der Waals surface area contributed by atoms with Crippen LogP contribution in [0.3, 0.4) is 0 Å². The van der Waals surface area contributed by atoms with Crippen LogP contribution in [-0.2, 0) is 19.6 Å². The number of nitrogens with one attached hydrogen (secondary N) is 1. The zero-order valence-electron chi connectivity index (χ0n) is 18.8. The van der Waals surface area contributed by atoms with Crippen molar-refractivity contribution in [2.75, 3.05) is 32.0 Å². The number of carbonyl (C=O) groups is 2. The molecule has 0 aliphatic carbocycles. The Labute approximate surface area is 194 Å². The summed E-state index contributed by atoms with van der Waals surface area (Å²) in [5.74, 6) is 1.62. The molecule has 2 amide bonds. The molecule has 3 rings (SSSR count). The van der Waals surface area contributed by atoms with Crippen LogP contribution in [0.2, 0.25) is 0 Å². The number of hydrogen-bond acceptors (Lipinski definition) is 5. The Bertz CT molecular complexity index is 1180. The number of likely N-dealkylation sites (N-methyl/N-ethyl adjacent to an activating group) is 1. The molecule has 2 aromatic rings. The second kappa shape index (κ2) is 10.2. The molecule has 2 aromatic carbocycles. The minimum Gasteiger partial charge on any atom is -0.373 e. The van der Waals surface area contributed by atoms with Crippen molar-refractivity contribution in [2.45, 2.75) is 31.0 Å². The summed E-state index contributed by atoms with van der Waals surface area (Å²) in [4.78, 5) is 26.5. The third-order valence-electron chi connectivity index (χ3n) is 5.15. The maximum absolute atomic E-state index is 13.1. The monoisotopic (exact) mass is 469 g/mol. The van der Waals surface area contributed by atoms with Gasteiger partial charge in [-0.25, -0.2) is 8.42 Å². The Morgan fingerprint density at radius 3 is 2.48 bits per heavy atom. The Morgan fingerprint density at radius 2 is 1.82 bits per heavy atom. The third kappa shape index (κ3) is 5.99. The van der Waals surface area contributed by atoms with E-state index in [0.29, 0.717) is 11.3 Å². The fourth-order valence-electron chi connectivity index (χ4n) is 3.66. The molecule has 1 aliphatic heterocycles. The van der Waals surface area contributed by atoms with E-state index in [2.05, 4.69) is 11.2 Å². The minimum absolute atomic E-state index is 0.0265. The Kier molecular flexibility index (Phi) is 7.53. The molecule has 1 aliphatic rings. The fourth-order valence-corrected chi connectivity index (χ4v) is 5.30. The quantitative estimate of drug-likeness (QED) is 0.655. The van der Waals surface area contributed by atoms with Gasteiger partial charge < -0.3 is 15.0 Å². The molecule has 0 saturated carbocycles. The lowest BCUT2D eigenvalue weighted by Crippen LogP contribution is -2.48. The van der Waals surface area contributed by atoms with Gasteiger partial charge in [0.25, 0.3) is 5.91 Å². The van der Waals surface area contributed by atoms with Gasteiger partial charge in [-0.1, -0.05) is 18.1 Å². The van der Waals surface area contributed by atoms with Crippen LogP contribution in [0.25, 0.3) is 0 Å². The molecule has 2 unspecified atom stereocenters. The maximum atomic E-state index is 13.1. The molecule has 33 heavy (non-hydrogen) atoms. The third-order valence-corrected chi connectivity index (χ3v) is 6.97. The van der Waals surface area contributed by atoms with Crippen LogP contribution in [0.15, 0.2) is 53.4 Å². The zero-order valence-corrected chi connectivity index (χ0v) is 19.6. The first-order chi connectivity index (χ1) is 15.6. The van der Waals surface area contributed by atoms with Crippen LogP contribution < -0.4 is 5.32 Å². The molecular formula is C24H27N3O5S. The van der Waals surface area contributed by atoms with Crippen molar-refractivity contribution in [2.24, 2.45) is 0 Å². The average molecular weight is 470 g/mol. The number of sulfonamides is 1. The van der Waals surface area contributed by atoms with Crippen LogP contribution in [-0.4, -0.2) is 68.3 Å². The van der Waals surface area contributed by atoms with Gasteiger partial charge in [-0.15, -0.1) is 6.42 Å². The molecule has 0 radical (unpaired) electrons. The van der Waals surface area contributed by atoms with Crippen molar-refractivity contribution in [3.05, 3.63) is 59.7 Å². The summed E-state index contributed by atoms with van der Waals surface area (Å²) >= 11 is 0. The van der Waals surface area contributed by atoms with Gasteiger partial charge >= 0.3 is 0 Å². The summed E-state index contributed by atoms with van der Waals surface area (Å²) in [5.41, 5.74) is 1.33. The summed E-state index contributed by atoms with van der Waals surface area (Å²) in [6, 6.07) is 12.7. The topological polar surface area (TPSA) is 96.0 Å². The Morgan fingerprint density at radius 1 is 1.15 bits per heavy atom. The normalized spacial score (nSPS) is 18.8. The van der Waals surface area contributed by atoms with E-state index in [1.54, 1.807) is 24.3 Å². The molecule has 1 fully saturated rings. The van der Waals surface area contributed by atoms with E-state index >= 15 is 0 Å². The number of carbonyl (C=O) groups excluding carboxylic acids is 2. The number of benzene rings is 2. The van der Waals surface area contributed by atoms with E-state index in [0.717, 1.165) is 0 Å². The van der Waals surface area contributed by atoms with Crippen molar-refractivity contribution in [3.63, 3.8) is 0 Å². The van der Waals surface area contributed by atoms with Crippen LogP contribution in [0.5, 0.6) is 0 Å². The summed E-state index contributed by atoms with van der Waals surface area (Å²) in [7, 11) is -2.31. The molecule has 1 heterocycles. The second-order valence-corrected chi connectivity index (χ2v) is 9.98. The highest BCUT2D eigenvalue weighted by molar-refractivity contribution is 7.89. The second-order valence-electron chi connectivity index (χ2n) is 8.04. The maximum Gasteiger partial charge on any atom is 0.254 e. The lowest BCUT2D eigenvalue weighted by Gasteiger charge is -2.34. The highest BCUT2D eigenvalue weighted by Crippen LogP contribution is 2.22. The molecule has 0 bridgehead atoms. The molecule has 2 atom stereocenters. The van der Waals surface area contributed by atoms with Crippen molar-refractivity contribution in [3.8, 4) is 12.3 Å². The first-order valence-electron chi connectivity index (χ1n) is 10.5. The summed E-state index contributed by atoms with van der Waals surface area (Å²) in [6.07, 6.45) is 4.92. The number of anilines is 1. The number of ether oxygens (including phenoxy) is 1. The minimum atomic E-state index is -3.79. The highest BCUT2D eigenvalue weighted by Gasteiger charge is 2.32. The number of rotatable bonds is 6. The predicted octanol–water partition coefficient (Wildman–Crippen LogP) is 2.18. The number of morpholine rings is 1. The van der Waals surface area contributed by atoms with Crippen molar-refractivity contribution >= 4 is 27.5 Å². The van der Waals surface area contributed by atoms with Crippen molar-refractivity contribution in [1.29, 1.82) is 0 Å². The smallest absolute Gasteiger partial charge is 0.254 e. The molecule has 0 spiro atoms. The van der Waals surface area contributed by atoms with Gasteiger partial charge in [0.2, 0.25) is 15.9 Å². The molecule has 1 N–H and O–H groups in total. The first-order valence-corrected chi connectivity index (χ1v) is 11.9. The number of amides is 2. The van der Waals surface area contributed by atoms with E-state index in [4.69, 9.17) is 11.2 Å². The van der Waals surface area contributed by atoms with Gasteiger partial charge in [0.05, 0.1) is 23.6 Å². The van der Waals surface area contributed by atoms with Crippen LogP contribution in [0.4, 0.5) is 5.69 Å². The lowest BCUT2D eigenvalue weighted by molar-refractivity contribution is -0.116. The highest BCUT2D eigenvalue weighted by atomic mass is 32.2. The SMILES string of the molecule is C#Cc1cccc(NC(=O)CN(C)C(=O)c2cccc(S(=O)(=O)N3CC(C)OC(C)C3)c2)c1. The van der Waals surface area contributed by atoms with Gasteiger partial charge in [0.15, 0.2) is 0 Å². The number of terminal acetylenes is 1. The Balaban J connectivity index is 1.70. The van der Waals surface area contributed by atoms with E-state index in [1.165, 1.54) is 40.5 Å². The standard InChI is InChI=1S/C24H27N3O5S/c1-5-19-8-6-10-21(12-19)25-23(28)16-26(4)24(29)20-9-7-11-22(13-20)33(30,31)27-14-17(2)32-18(3)15-27/h1,6-13,17-18H,14-16H2,2-4H3,(H,25,28). The molecule has 8 nitrogen and oxygen atoms in total. The zero-order chi connectivity index (χ0) is 24.2. The van der Waals surface area contributed by atoms with E-state index < -0.39 is 21.8 Å². The first kappa shape index (κ1) is 24.5. The Hall–Kier alpha value is -3.19. The van der Waals surface area contributed by atoms with Gasteiger partial charge in [0, 0.05) is 37.0 Å². The van der Waals surface area contributed by atoms with E-state index in [1.807, 2.05) is 13.8 Å². The van der Waals surface area contributed by atoms with Crippen molar-refractivity contribution < 1.29 is 22.7 Å². The van der Waals surface area contributed by atoms with Crippen LogP contribution >= 0.6 is 0 Å². The van der Waals surface area contributed by atoms with Crippen LogP contribution in [0.1, 0.15) is 29.8 Å².